The van der Waals surface area contributed by atoms with Crippen molar-refractivity contribution >= 4 is 21.4 Å². The zero-order valence-corrected chi connectivity index (χ0v) is 11.5. The van der Waals surface area contributed by atoms with Crippen LogP contribution in [0.15, 0.2) is 53.4 Å². The molecule has 2 aromatic rings. The van der Waals surface area contributed by atoms with Crippen LogP contribution in [0.1, 0.15) is 11.1 Å². The maximum absolute atomic E-state index is 12.2. The standard InChI is InChI=1S/C14H13ClO2S/c1-11-7-8-12(9-14(11)15)10-18(16,17)13-5-3-2-4-6-13/h2-9H,10H2,1H3. The lowest BCUT2D eigenvalue weighted by atomic mass is 10.2. The zero-order chi connectivity index (χ0) is 13.2. The van der Waals surface area contributed by atoms with Crippen molar-refractivity contribution in [3.63, 3.8) is 0 Å². The third kappa shape index (κ3) is 2.92. The summed E-state index contributed by atoms with van der Waals surface area (Å²) in [6.07, 6.45) is 0. The summed E-state index contributed by atoms with van der Waals surface area (Å²) >= 11 is 5.99. The topological polar surface area (TPSA) is 34.1 Å². The van der Waals surface area contributed by atoms with Gasteiger partial charge in [-0.05, 0) is 36.2 Å². The van der Waals surface area contributed by atoms with Gasteiger partial charge in [-0.3, -0.25) is 0 Å². The van der Waals surface area contributed by atoms with Gasteiger partial charge in [0, 0.05) is 5.02 Å². The van der Waals surface area contributed by atoms with Crippen LogP contribution >= 0.6 is 11.6 Å². The van der Waals surface area contributed by atoms with E-state index in [1.165, 1.54) is 0 Å². The lowest BCUT2D eigenvalue weighted by molar-refractivity contribution is 0.595. The Morgan fingerprint density at radius 3 is 2.33 bits per heavy atom. The second kappa shape index (κ2) is 5.12. The summed E-state index contributed by atoms with van der Waals surface area (Å²) in [6.45, 7) is 1.89. The zero-order valence-electron chi connectivity index (χ0n) is 9.93. The third-order valence-electron chi connectivity index (χ3n) is 2.70. The van der Waals surface area contributed by atoms with Crippen LogP contribution in [0.25, 0.3) is 0 Å². The largest absolute Gasteiger partial charge is 0.223 e. The first-order chi connectivity index (χ1) is 8.49. The molecular formula is C14H13ClO2S. The molecule has 4 heteroatoms. The number of rotatable bonds is 3. The summed E-state index contributed by atoms with van der Waals surface area (Å²) in [4.78, 5) is 0.335. The highest BCUT2D eigenvalue weighted by Gasteiger charge is 2.15. The van der Waals surface area contributed by atoms with Crippen LogP contribution in [0.3, 0.4) is 0 Å². The highest BCUT2D eigenvalue weighted by molar-refractivity contribution is 7.90. The van der Waals surface area contributed by atoms with E-state index in [0.717, 1.165) is 5.56 Å². The number of halogens is 1. The first-order valence-corrected chi connectivity index (χ1v) is 7.55. The fourth-order valence-corrected chi connectivity index (χ4v) is 3.22. The minimum absolute atomic E-state index is 0.0307. The summed E-state index contributed by atoms with van der Waals surface area (Å²) < 4.78 is 24.3. The normalized spacial score (nSPS) is 11.4. The SMILES string of the molecule is Cc1ccc(CS(=O)(=O)c2ccccc2)cc1Cl. The van der Waals surface area contributed by atoms with Gasteiger partial charge in [-0.2, -0.15) is 0 Å². The molecule has 2 rings (SSSR count). The third-order valence-corrected chi connectivity index (χ3v) is 4.81. The number of hydrogen-bond acceptors (Lipinski definition) is 2. The van der Waals surface area contributed by atoms with Crippen molar-refractivity contribution in [1.82, 2.24) is 0 Å². The number of benzene rings is 2. The maximum atomic E-state index is 12.2. The number of sulfone groups is 1. The van der Waals surface area contributed by atoms with E-state index in [1.807, 2.05) is 13.0 Å². The Hall–Kier alpha value is -1.32. The van der Waals surface area contributed by atoms with Crippen molar-refractivity contribution < 1.29 is 8.42 Å². The average molecular weight is 281 g/mol. The lowest BCUT2D eigenvalue weighted by Crippen LogP contribution is -2.04. The molecule has 0 aromatic heterocycles. The minimum atomic E-state index is -3.30. The van der Waals surface area contributed by atoms with E-state index in [4.69, 9.17) is 11.6 Å². The first kappa shape index (κ1) is 13.1. The molecule has 0 amide bonds. The molecule has 0 spiro atoms. The Morgan fingerprint density at radius 1 is 1.06 bits per heavy atom. The van der Waals surface area contributed by atoms with Crippen molar-refractivity contribution in [2.24, 2.45) is 0 Å². The molecule has 0 bridgehead atoms. The van der Waals surface area contributed by atoms with Gasteiger partial charge in [0.1, 0.15) is 0 Å². The van der Waals surface area contributed by atoms with Crippen LogP contribution < -0.4 is 0 Å². The summed E-state index contributed by atoms with van der Waals surface area (Å²) in [6, 6.07) is 13.8. The predicted molar refractivity (Wildman–Crippen MR) is 73.5 cm³/mol. The van der Waals surface area contributed by atoms with Crippen molar-refractivity contribution in [3.05, 3.63) is 64.7 Å². The molecule has 18 heavy (non-hydrogen) atoms. The van der Waals surface area contributed by atoms with E-state index < -0.39 is 9.84 Å². The smallest absolute Gasteiger partial charge is 0.182 e. The van der Waals surface area contributed by atoms with Gasteiger partial charge in [0.2, 0.25) is 0 Å². The quantitative estimate of drug-likeness (QED) is 0.860. The molecule has 0 aliphatic heterocycles. The van der Waals surface area contributed by atoms with Crippen molar-refractivity contribution in [1.29, 1.82) is 0 Å². The molecular weight excluding hydrogens is 268 g/mol. The first-order valence-electron chi connectivity index (χ1n) is 5.52. The van der Waals surface area contributed by atoms with Crippen LogP contribution in [-0.4, -0.2) is 8.42 Å². The van der Waals surface area contributed by atoms with Crippen molar-refractivity contribution in [3.8, 4) is 0 Å². The van der Waals surface area contributed by atoms with Gasteiger partial charge in [-0.15, -0.1) is 0 Å². The fraction of sp³-hybridized carbons (Fsp3) is 0.143. The summed E-state index contributed by atoms with van der Waals surface area (Å²) in [5.74, 6) is -0.0307. The Morgan fingerprint density at radius 2 is 1.72 bits per heavy atom. The lowest BCUT2D eigenvalue weighted by Gasteiger charge is -2.06. The van der Waals surface area contributed by atoms with E-state index in [0.29, 0.717) is 15.5 Å². The predicted octanol–water partition coefficient (Wildman–Crippen LogP) is 3.62. The Kier molecular flexibility index (Phi) is 3.73. The second-order valence-electron chi connectivity index (χ2n) is 4.16. The highest BCUT2D eigenvalue weighted by atomic mass is 35.5. The van der Waals surface area contributed by atoms with Gasteiger partial charge in [0.15, 0.2) is 9.84 Å². The Bertz CT molecular complexity index is 649. The second-order valence-corrected chi connectivity index (χ2v) is 6.55. The molecule has 0 unspecified atom stereocenters. The van der Waals surface area contributed by atoms with Gasteiger partial charge < -0.3 is 0 Å². The molecule has 0 aliphatic rings. The van der Waals surface area contributed by atoms with E-state index in [9.17, 15) is 8.42 Å². The van der Waals surface area contributed by atoms with Gasteiger partial charge in [-0.25, -0.2) is 8.42 Å². The Balaban J connectivity index is 2.31. The molecule has 0 radical (unpaired) electrons. The highest BCUT2D eigenvalue weighted by Crippen LogP contribution is 2.21. The molecule has 0 N–H and O–H groups in total. The molecule has 2 nitrogen and oxygen atoms in total. The number of hydrogen-bond donors (Lipinski definition) is 0. The average Bonchev–Trinajstić information content (AvgIpc) is 2.35. The van der Waals surface area contributed by atoms with E-state index in [1.54, 1.807) is 42.5 Å². The summed E-state index contributed by atoms with van der Waals surface area (Å²) in [5.41, 5.74) is 1.65. The monoisotopic (exact) mass is 280 g/mol. The van der Waals surface area contributed by atoms with Crippen molar-refractivity contribution in [2.75, 3.05) is 0 Å². The van der Waals surface area contributed by atoms with Gasteiger partial charge in [-0.1, -0.05) is 41.9 Å². The van der Waals surface area contributed by atoms with E-state index in [-0.39, 0.29) is 5.75 Å². The van der Waals surface area contributed by atoms with Crippen LogP contribution in [0.2, 0.25) is 5.02 Å². The minimum Gasteiger partial charge on any atom is -0.223 e. The van der Waals surface area contributed by atoms with Gasteiger partial charge >= 0.3 is 0 Å². The summed E-state index contributed by atoms with van der Waals surface area (Å²) in [5, 5.41) is 0.593. The van der Waals surface area contributed by atoms with E-state index in [2.05, 4.69) is 0 Å². The molecule has 0 saturated carbocycles. The van der Waals surface area contributed by atoms with E-state index >= 15 is 0 Å². The molecule has 2 aromatic carbocycles. The maximum Gasteiger partial charge on any atom is 0.182 e. The fourth-order valence-electron chi connectivity index (χ4n) is 1.66. The molecule has 0 aliphatic carbocycles. The van der Waals surface area contributed by atoms with Crippen molar-refractivity contribution in [2.45, 2.75) is 17.6 Å². The van der Waals surface area contributed by atoms with Gasteiger partial charge in [0.05, 0.1) is 10.6 Å². The molecule has 0 saturated heterocycles. The molecule has 94 valence electrons. The molecule has 0 atom stereocenters. The van der Waals surface area contributed by atoms with Crippen LogP contribution in [0, 0.1) is 6.92 Å². The number of aryl methyl sites for hydroxylation is 1. The van der Waals surface area contributed by atoms with Crippen LogP contribution in [0.5, 0.6) is 0 Å². The van der Waals surface area contributed by atoms with Crippen LogP contribution in [0.4, 0.5) is 0 Å². The molecule has 0 fully saturated rings. The summed E-state index contributed by atoms with van der Waals surface area (Å²) in [7, 11) is -3.30. The Labute approximate surface area is 112 Å². The van der Waals surface area contributed by atoms with Crippen LogP contribution in [-0.2, 0) is 15.6 Å². The van der Waals surface area contributed by atoms with Gasteiger partial charge in [0.25, 0.3) is 0 Å². The molecule has 0 heterocycles.